The average Bonchev–Trinajstić information content (AvgIpc) is 3.23. The van der Waals surface area contributed by atoms with Gasteiger partial charge in [0.15, 0.2) is 5.79 Å². The van der Waals surface area contributed by atoms with E-state index in [4.69, 9.17) is 14.2 Å². The Morgan fingerprint density at radius 3 is 2.22 bits per heavy atom. The van der Waals surface area contributed by atoms with E-state index < -0.39 is 5.41 Å². The largest absolute Gasteiger partial charge is 0.462 e. The summed E-state index contributed by atoms with van der Waals surface area (Å²) in [6, 6.07) is 0. The summed E-state index contributed by atoms with van der Waals surface area (Å²) >= 11 is 0. The Balaban J connectivity index is 1.46. The topological polar surface area (TPSA) is 44.8 Å². The van der Waals surface area contributed by atoms with Crippen molar-refractivity contribution in [3.8, 4) is 0 Å². The van der Waals surface area contributed by atoms with Gasteiger partial charge in [0.05, 0.1) is 17.6 Å². The van der Waals surface area contributed by atoms with Gasteiger partial charge in [-0.25, -0.2) is 0 Å². The molecule has 0 aromatic carbocycles. The second-order valence-electron chi connectivity index (χ2n) is 11.1. The third-order valence-corrected chi connectivity index (χ3v) is 8.51. The molecule has 1 spiro atoms. The Bertz CT molecular complexity index is 586. The van der Waals surface area contributed by atoms with E-state index in [1.54, 1.807) is 0 Å². The van der Waals surface area contributed by atoms with Crippen LogP contribution in [0, 0.1) is 28.6 Å². The fourth-order valence-electron chi connectivity index (χ4n) is 6.17. The first-order valence-corrected chi connectivity index (χ1v) is 11.1. The van der Waals surface area contributed by atoms with E-state index in [0.29, 0.717) is 11.8 Å². The van der Waals surface area contributed by atoms with Gasteiger partial charge in [0.1, 0.15) is 6.10 Å². The predicted molar refractivity (Wildman–Crippen MR) is 104 cm³/mol. The normalized spacial score (nSPS) is 39.6. The SMILES string of the molecule is CC(C)C(C)(C(=O)OC1CC2CC1C1OC3(CCCCC3)OC21)C(C)(C)C. The smallest absolute Gasteiger partial charge is 0.312 e. The van der Waals surface area contributed by atoms with Gasteiger partial charge in [0.25, 0.3) is 0 Å². The van der Waals surface area contributed by atoms with Crippen LogP contribution < -0.4 is 0 Å². The molecule has 6 atom stereocenters. The molecular formula is C23H38O4. The summed E-state index contributed by atoms with van der Waals surface area (Å²) in [5.41, 5.74) is -0.636. The number of esters is 1. The van der Waals surface area contributed by atoms with Crippen LogP contribution in [0.4, 0.5) is 0 Å². The van der Waals surface area contributed by atoms with Crippen molar-refractivity contribution >= 4 is 5.97 Å². The van der Waals surface area contributed by atoms with E-state index in [0.717, 1.165) is 25.7 Å². The molecular weight excluding hydrogens is 340 g/mol. The van der Waals surface area contributed by atoms with Gasteiger partial charge in [-0.15, -0.1) is 0 Å². The number of fused-ring (bicyclic) bond motifs is 5. The molecule has 2 bridgehead atoms. The van der Waals surface area contributed by atoms with Crippen LogP contribution in [-0.4, -0.2) is 30.1 Å². The molecule has 1 aliphatic heterocycles. The Hall–Kier alpha value is -0.610. The van der Waals surface area contributed by atoms with Crippen LogP contribution in [0.25, 0.3) is 0 Å². The molecule has 4 fully saturated rings. The van der Waals surface area contributed by atoms with Gasteiger partial charge in [-0.3, -0.25) is 4.79 Å². The molecule has 4 heteroatoms. The minimum atomic E-state index is -0.494. The van der Waals surface area contributed by atoms with Crippen LogP contribution in [0.3, 0.4) is 0 Å². The van der Waals surface area contributed by atoms with Crippen molar-refractivity contribution in [2.24, 2.45) is 28.6 Å². The van der Waals surface area contributed by atoms with Gasteiger partial charge in [-0.1, -0.05) is 41.0 Å². The monoisotopic (exact) mass is 378 g/mol. The Kier molecular flexibility index (Phi) is 4.71. The Morgan fingerprint density at radius 1 is 1.00 bits per heavy atom. The molecule has 0 aromatic heterocycles. The lowest BCUT2D eigenvalue weighted by atomic mass is 9.62. The summed E-state index contributed by atoms with van der Waals surface area (Å²) in [5, 5.41) is 0. The van der Waals surface area contributed by atoms with Crippen LogP contribution in [-0.2, 0) is 19.0 Å². The maximum absolute atomic E-state index is 13.3. The van der Waals surface area contributed by atoms with Crippen LogP contribution in [0.5, 0.6) is 0 Å². The highest BCUT2D eigenvalue weighted by molar-refractivity contribution is 5.78. The molecule has 0 aromatic rings. The highest BCUT2D eigenvalue weighted by Crippen LogP contribution is 2.57. The van der Waals surface area contributed by atoms with Crippen molar-refractivity contribution in [1.29, 1.82) is 0 Å². The van der Waals surface area contributed by atoms with Crippen LogP contribution in [0.15, 0.2) is 0 Å². The van der Waals surface area contributed by atoms with Gasteiger partial charge in [0.2, 0.25) is 0 Å². The summed E-state index contributed by atoms with van der Waals surface area (Å²) in [5.74, 6) is 0.653. The maximum Gasteiger partial charge on any atom is 0.312 e. The van der Waals surface area contributed by atoms with Crippen molar-refractivity contribution in [2.75, 3.05) is 0 Å². The highest BCUT2D eigenvalue weighted by atomic mass is 16.8. The number of carbonyl (C=O) groups excluding carboxylic acids is 1. The van der Waals surface area contributed by atoms with E-state index >= 15 is 0 Å². The quantitative estimate of drug-likeness (QED) is 0.642. The lowest BCUT2D eigenvalue weighted by molar-refractivity contribution is -0.204. The zero-order valence-corrected chi connectivity index (χ0v) is 18.0. The zero-order chi connectivity index (χ0) is 19.6. The van der Waals surface area contributed by atoms with Gasteiger partial charge in [-0.2, -0.15) is 0 Å². The molecule has 154 valence electrons. The average molecular weight is 379 g/mol. The Labute approximate surface area is 164 Å². The van der Waals surface area contributed by atoms with Crippen molar-refractivity contribution in [1.82, 2.24) is 0 Å². The van der Waals surface area contributed by atoms with E-state index in [1.165, 1.54) is 19.3 Å². The second kappa shape index (κ2) is 6.45. The Morgan fingerprint density at radius 2 is 1.63 bits per heavy atom. The molecule has 1 saturated heterocycles. The molecule has 1 heterocycles. The molecule has 4 nitrogen and oxygen atoms in total. The molecule has 0 radical (unpaired) electrons. The lowest BCUT2D eigenvalue weighted by Crippen LogP contribution is -2.48. The lowest BCUT2D eigenvalue weighted by Gasteiger charge is -2.44. The summed E-state index contributed by atoms with van der Waals surface area (Å²) in [6.45, 7) is 12.8. The van der Waals surface area contributed by atoms with Crippen LogP contribution >= 0.6 is 0 Å². The molecule has 3 saturated carbocycles. The first-order chi connectivity index (χ1) is 12.6. The third kappa shape index (κ3) is 2.97. The maximum atomic E-state index is 13.3. The summed E-state index contributed by atoms with van der Waals surface area (Å²) < 4.78 is 19.3. The van der Waals surface area contributed by atoms with Crippen molar-refractivity contribution in [3.63, 3.8) is 0 Å². The third-order valence-electron chi connectivity index (χ3n) is 8.51. The first kappa shape index (κ1) is 19.7. The number of hydrogen-bond acceptors (Lipinski definition) is 4. The van der Waals surface area contributed by atoms with Crippen molar-refractivity contribution in [3.05, 3.63) is 0 Å². The molecule has 0 amide bonds. The molecule has 3 aliphatic carbocycles. The number of rotatable bonds is 3. The minimum absolute atomic E-state index is 0.00786. The fraction of sp³-hybridized carbons (Fsp3) is 0.957. The predicted octanol–water partition coefficient (Wildman–Crippen LogP) is 5.09. The van der Waals surface area contributed by atoms with Crippen molar-refractivity contribution < 1.29 is 19.0 Å². The second-order valence-corrected chi connectivity index (χ2v) is 11.1. The summed E-state index contributed by atoms with van der Waals surface area (Å²) in [7, 11) is 0. The molecule has 0 N–H and O–H groups in total. The summed E-state index contributed by atoms with van der Waals surface area (Å²) in [6.07, 6.45) is 8.10. The molecule has 4 aliphatic rings. The van der Waals surface area contributed by atoms with Crippen LogP contribution in [0.2, 0.25) is 0 Å². The van der Waals surface area contributed by atoms with Gasteiger partial charge < -0.3 is 14.2 Å². The fourth-order valence-corrected chi connectivity index (χ4v) is 6.17. The number of carbonyl (C=O) groups is 1. The number of hydrogen-bond donors (Lipinski definition) is 0. The molecule has 27 heavy (non-hydrogen) atoms. The molecule has 6 unspecified atom stereocenters. The van der Waals surface area contributed by atoms with E-state index in [9.17, 15) is 4.79 Å². The van der Waals surface area contributed by atoms with Gasteiger partial charge in [-0.05, 0) is 49.9 Å². The molecule has 4 rings (SSSR count). The first-order valence-electron chi connectivity index (χ1n) is 11.1. The van der Waals surface area contributed by atoms with E-state index in [1.807, 2.05) is 0 Å². The van der Waals surface area contributed by atoms with E-state index in [2.05, 4.69) is 41.5 Å². The number of ether oxygens (including phenoxy) is 3. The standard InChI is InChI=1S/C23H38O4/c1-14(2)22(6,21(3,4)5)20(24)25-17-13-15-12-16(17)19-18(15)26-23(27-19)10-8-7-9-11-23/h14-19H,7-13H2,1-6H3. The van der Waals surface area contributed by atoms with Gasteiger partial charge in [0, 0.05) is 18.8 Å². The highest BCUT2D eigenvalue weighted by Gasteiger charge is 2.63. The van der Waals surface area contributed by atoms with Gasteiger partial charge >= 0.3 is 5.97 Å². The minimum Gasteiger partial charge on any atom is -0.462 e. The zero-order valence-electron chi connectivity index (χ0n) is 18.0. The summed E-state index contributed by atoms with van der Waals surface area (Å²) in [4.78, 5) is 13.3. The van der Waals surface area contributed by atoms with Crippen LogP contribution in [0.1, 0.15) is 86.5 Å². The van der Waals surface area contributed by atoms with Crippen molar-refractivity contribution in [2.45, 2.75) is 111 Å². The van der Waals surface area contributed by atoms with E-state index in [-0.39, 0.29) is 41.4 Å².